The Kier molecular flexibility index (Phi) is 4.95. The highest BCUT2D eigenvalue weighted by molar-refractivity contribution is 6.32. The molecule has 126 valence electrons. The van der Waals surface area contributed by atoms with Gasteiger partial charge in [-0.15, -0.1) is 0 Å². The van der Waals surface area contributed by atoms with E-state index in [4.69, 9.17) is 11.6 Å². The van der Waals surface area contributed by atoms with Crippen LogP contribution in [0.3, 0.4) is 0 Å². The van der Waals surface area contributed by atoms with Gasteiger partial charge in [-0.25, -0.2) is 0 Å². The van der Waals surface area contributed by atoms with E-state index < -0.39 is 11.5 Å². The van der Waals surface area contributed by atoms with Crippen LogP contribution in [-0.4, -0.2) is 22.2 Å². The Morgan fingerprint density at radius 1 is 1.12 bits per heavy atom. The van der Waals surface area contributed by atoms with Crippen molar-refractivity contribution in [2.75, 3.05) is 6.54 Å². The number of aromatic nitrogens is 2. The molecule has 2 aromatic carbocycles. The normalized spacial score (nSPS) is 10.5. The average molecular weight is 354 g/mol. The number of halogens is 1. The van der Waals surface area contributed by atoms with E-state index in [1.807, 2.05) is 30.3 Å². The molecule has 5 nitrogen and oxygen atoms in total. The lowest BCUT2D eigenvalue weighted by atomic mass is 10.1. The first-order valence-corrected chi connectivity index (χ1v) is 8.22. The SMILES string of the molecule is CCNC(=O)c1cc(-c2ccccc2)nn(-c2ccccc2Cl)c1=O. The molecule has 0 radical (unpaired) electrons. The van der Waals surface area contributed by atoms with Crippen LogP contribution >= 0.6 is 11.6 Å². The van der Waals surface area contributed by atoms with E-state index in [9.17, 15) is 9.59 Å². The van der Waals surface area contributed by atoms with Gasteiger partial charge in [0.25, 0.3) is 11.5 Å². The van der Waals surface area contributed by atoms with Gasteiger partial charge in [-0.05, 0) is 25.1 Å². The third kappa shape index (κ3) is 3.46. The lowest BCUT2D eigenvalue weighted by molar-refractivity contribution is 0.0953. The first kappa shape index (κ1) is 16.9. The predicted octanol–water partition coefficient (Wildman–Crippen LogP) is 3.30. The number of hydrogen-bond donors (Lipinski definition) is 1. The molecule has 3 aromatic rings. The highest BCUT2D eigenvalue weighted by atomic mass is 35.5. The highest BCUT2D eigenvalue weighted by Crippen LogP contribution is 2.21. The maximum absolute atomic E-state index is 12.8. The van der Waals surface area contributed by atoms with Crippen LogP contribution in [0.2, 0.25) is 5.02 Å². The van der Waals surface area contributed by atoms with Crippen molar-refractivity contribution in [2.24, 2.45) is 0 Å². The summed E-state index contributed by atoms with van der Waals surface area (Å²) in [4.78, 5) is 25.1. The number of carbonyl (C=O) groups excluding carboxylic acids is 1. The molecule has 1 amide bonds. The molecular formula is C19H16ClN3O2. The van der Waals surface area contributed by atoms with Gasteiger partial charge in [0.15, 0.2) is 0 Å². The van der Waals surface area contributed by atoms with Gasteiger partial charge < -0.3 is 5.32 Å². The summed E-state index contributed by atoms with van der Waals surface area (Å²) in [5.41, 5.74) is 1.25. The Hall–Kier alpha value is -2.92. The summed E-state index contributed by atoms with van der Waals surface area (Å²) in [6.45, 7) is 2.22. The quantitative estimate of drug-likeness (QED) is 0.782. The van der Waals surface area contributed by atoms with Gasteiger partial charge in [0, 0.05) is 12.1 Å². The zero-order chi connectivity index (χ0) is 17.8. The number of benzene rings is 2. The van der Waals surface area contributed by atoms with Crippen molar-refractivity contribution >= 4 is 17.5 Å². The summed E-state index contributed by atoms with van der Waals surface area (Å²) < 4.78 is 1.18. The minimum atomic E-state index is -0.515. The Labute approximate surface area is 149 Å². The lowest BCUT2D eigenvalue weighted by Crippen LogP contribution is -2.33. The van der Waals surface area contributed by atoms with Crippen LogP contribution in [0, 0.1) is 0 Å². The van der Waals surface area contributed by atoms with Crippen molar-refractivity contribution < 1.29 is 4.79 Å². The van der Waals surface area contributed by atoms with E-state index in [1.54, 1.807) is 31.2 Å². The third-order valence-electron chi connectivity index (χ3n) is 3.64. The second kappa shape index (κ2) is 7.32. The van der Waals surface area contributed by atoms with Gasteiger partial charge in [-0.3, -0.25) is 9.59 Å². The molecule has 0 saturated heterocycles. The number of amides is 1. The highest BCUT2D eigenvalue weighted by Gasteiger charge is 2.17. The molecule has 0 aliphatic carbocycles. The molecule has 0 saturated carbocycles. The first-order chi connectivity index (χ1) is 12.1. The average Bonchev–Trinajstić information content (AvgIpc) is 2.63. The fraction of sp³-hybridized carbons (Fsp3) is 0.105. The molecule has 6 heteroatoms. The second-order valence-corrected chi connectivity index (χ2v) is 5.74. The van der Waals surface area contributed by atoms with E-state index in [0.29, 0.717) is 22.9 Å². The monoisotopic (exact) mass is 353 g/mol. The van der Waals surface area contributed by atoms with Crippen molar-refractivity contribution in [3.8, 4) is 16.9 Å². The molecule has 0 fully saturated rings. The summed E-state index contributed by atoms with van der Waals surface area (Å²) in [5, 5.41) is 7.46. The van der Waals surface area contributed by atoms with E-state index in [1.165, 1.54) is 10.7 Å². The number of para-hydroxylation sites is 1. The number of rotatable bonds is 4. The van der Waals surface area contributed by atoms with Crippen LogP contribution in [0.4, 0.5) is 0 Å². The van der Waals surface area contributed by atoms with Gasteiger partial charge >= 0.3 is 0 Å². The van der Waals surface area contributed by atoms with Crippen molar-refractivity contribution in [2.45, 2.75) is 6.92 Å². The Bertz CT molecular complexity index is 968. The van der Waals surface area contributed by atoms with Crippen molar-refractivity contribution in [3.05, 3.63) is 81.6 Å². The molecule has 1 N–H and O–H groups in total. The van der Waals surface area contributed by atoms with Crippen LogP contribution in [-0.2, 0) is 0 Å². The zero-order valence-corrected chi connectivity index (χ0v) is 14.3. The maximum atomic E-state index is 12.8. The van der Waals surface area contributed by atoms with Crippen LogP contribution in [0.15, 0.2) is 65.5 Å². The number of nitrogens with zero attached hydrogens (tertiary/aromatic N) is 2. The Morgan fingerprint density at radius 2 is 1.80 bits per heavy atom. The summed E-state index contributed by atoms with van der Waals surface area (Å²) in [6.07, 6.45) is 0. The molecule has 0 atom stereocenters. The molecular weight excluding hydrogens is 338 g/mol. The molecule has 3 rings (SSSR count). The van der Waals surface area contributed by atoms with Crippen molar-refractivity contribution in [1.29, 1.82) is 0 Å². The topological polar surface area (TPSA) is 64.0 Å². The molecule has 1 aromatic heterocycles. The lowest BCUT2D eigenvalue weighted by Gasteiger charge is -2.12. The largest absolute Gasteiger partial charge is 0.352 e. The van der Waals surface area contributed by atoms with Crippen molar-refractivity contribution in [3.63, 3.8) is 0 Å². The number of nitrogens with one attached hydrogen (secondary N) is 1. The van der Waals surface area contributed by atoms with Gasteiger partial charge in [-0.1, -0.05) is 54.1 Å². The van der Waals surface area contributed by atoms with E-state index >= 15 is 0 Å². The maximum Gasteiger partial charge on any atom is 0.284 e. The first-order valence-electron chi connectivity index (χ1n) is 7.84. The molecule has 0 aliphatic rings. The summed E-state index contributed by atoms with van der Waals surface area (Å²) in [5.74, 6) is -0.437. The fourth-order valence-electron chi connectivity index (χ4n) is 2.45. The van der Waals surface area contributed by atoms with Gasteiger partial charge in [-0.2, -0.15) is 9.78 Å². The molecule has 0 unspecified atom stereocenters. The molecule has 0 spiro atoms. The minimum Gasteiger partial charge on any atom is -0.352 e. The van der Waals surface area contributed by atoms with Gasteiger partial charge in [0.05, 0.1) is 16.4 Å². The minimum absolute atomic E-state index is 0.0237. The second-order valence-electron chi connectivity index (χ2n) is 5.34. The smallest absolute Gasteiger partial charge is 0.284 e. The summed E-state index contributed by atoms with van der Waals surface area (Å²) in [7, 11) is 0. The van der Waals surface area contributed by atoms with Crippen LogP contribution in [0.1, 0.15) is 17.3 Å². The Morgan fingerprint density at radius 3 is 2.48 bits per heavy atom. The summed E-state index contributed by atoms with van der Waals surface area (Å²) in [6, 6.07) is 17.8. The van der Waals surface area contributed by atoms with E-state index in [2.05, 4.69) is 10.4 Å². The fourth-order valence-corrected chi connectivity index (χ4v) is 2.67. The van der Waals surface area contributed by atoms with Crippen molar-refractivity contribution in [1.82, 2.24) is 15.1 Å². The van der Waals surface area contributed by atoms with E-state index in [-0.39, 0.29) is 5.56 Å². The van der Waals surface area contributed by atoms with Crippen LogP contribution < -0.4 is 10.9 Å². The summed E-state index contributed by atoms with van der Waals surface area (Å²) >= 11 is 6.22. The van der Waals surface area contributed by atoms with Gasteiger partial charge in [0.1, 0.15) is 5.56 Å². The zero-order valence-electron chi connectivity index (χ0n) is 13.6. The molecule has 0 aliphatic heterocycles. The molecule has 25 heavy (non-hydrogen) atoms. The Balaban J connectivity index is 2.27. The number of carbonyl (C=O) groups is 1. The molecule has 1 heterocycles. The molecule has 0 bridgehead atoms. The van der Waals surface area contributed by atoms with Gasteiger partial charge in [0.2, 0.25) is 0 Å². The van der Waals surface area contributed by atoms with E-state index in [0.717, 1.165) is 5.56 Å². The van der Waals surface area contributed by atoms with Crippen LogP contribution in [0.5, 0.6) is 0 Å². The number of hydrogen-bond acceptors (Lipinski definition) is 3. The predicted molar refractivity (Wildman–Crippen MR) is 98.3 cm³/mol. The van der Waals surface area contributed by atoms with Crippen LogP contribution in [0.25, 0.3) is 16.9 Å². The standard InChI is InChI=1S/C19H16ClN3O2/c1-2-21-18(24)14-12-16(13-8-4-3-5-9-13)22-23(19(14)25)17-11-7-6-10-15(17)20/h3-12H,2H2,1H3,(H,21,24). The third-order valence-corrected chi connectivity index (χ3v) is 3.96.